The first-order valence-corrected chi connectivity index (χ1v) is 5.29. The highest BCUT2D eigenvalue weighted by atomic mass is 16.3. The van der Waals surface area contributed by atoms with Crippen LogP contribution in [0, 0.1) is 0 Å². The molecular formula is C12H12N2O3. The van der Waals surface area contributed by atoms with Crippen LogP contribution in [0.1, 0.15) is 12.0 Å². The molecule has 1 unspecified atom stereocenters. The summed E-state index contributed by atoms with van der Waals surface area (Å²) < 4.78 is 0. The Balaban J connectivity index is 2.42. The minimum absolute atomic E-state index is 0.0809. The summed E-state index contributed by atoms with van der Waals surface area (Å²) in [5.74, 6) is -0.798. The Labute approximate surface area is 98.2 Å². The molecule has 0 fully saturated rings. The van der Waals surface area contributed by atoms with Crippen molar-refractivity contribution < 1.29 is 14.7 Å². The second kappa shape index (κ2) is 4.55. The van der Waals surface area contributed by atoms with Gasteiger partial charge in [0.2, 0.25) is 0 Å². The van der Waals surface area contributed by atoms with E-state index in [9.17, 15) is 14.7 Å². The molecule has 0 saturated carbocycles. The van der Waals surface area contributed by atoms with E-state index in [1.807, 2.05) is 0 Å². The largest absolute Gasteiger partial charge is 0.377 e. The van der Waals surface area contributed by atoms with E-state index in [4.69, 9.17) is 0 Å². The molecule has 1 N–H and O–H groups in total. The van der Waals surface area contributed by atoms with Crippen LogP contribution >= 0.6 is 0 Å². The van der Waals surface area contributed by atoms with E-state index in [0.717, 1.165) is 0 Å². The molecule has 5 heteroatoms. The Kier molecular flexibility index (Phi) is 3.10. The summed E-state index contributed by atoms with van der Waals surface area (Å²) in [5, 5.41) is 17.6. The molecule has 17 heavy (non-hydrogen) atoms. The number of aliphatic hydroxyl groups is 1. The molecule has 1 atom stereocenters. The van der Waals surface area contributed by atoms with Gasteiger partial charge in [-0.1, -0.05) is 30.3 Å². The molecule has 0 aromatic heterocycles. The van der Waals surface area contributed by atoms with Gasteiger partial charge in [0.25, 0.3) is 0 Å². The predicted octanol–water partition coefficient (Wildman–Crippen LogP) is 0.868. The average molecular weight is 232 g/mol. The van der Waals surface area contributed by atoms with E-state index < -0.39 is 11.4 Å². The SMILES string of the molecule is O=C1C/N=N\CC(=O)C(O)(c2ccccc2)C1. The van der Waals surface area contributed by atoms with E-state index in [2.05, 4.69) is 10.2 Å². The number of Topliss-reactive ketones (excluding diaryl/α,β-unsaturated/α-hetero) is 2. The molecular weight excluding hydrogens is 220 g/mol. The number of carbonyl (C=O) groups is 2. The van der Waals surface area contributed by atoms with Crippen LogP contribution in [0.5, 0.6) is 0 Å². The molecule has 1 aliphatic heterocycles. The summed E-state index contributed by atoms with van der Waals surface area (Å²) in [4.78, 5) is 23.4. The molecule has 88 valence electrons. The average Bonchev–Trinajstić information content (AvgIpc) is 2.34. The predicted molar refractivity (Wildman–Crippen MR) is 59.6 cm³/mol. The summed E-state index contributed by atoms with van der Waals surface area (Å²) >= 11 is 0. The van der Waals surface area contributed by atoms with Crippen LogP contribution in [0.25, 0.3) is 0 Å². The molecule has 0 spiro atoms. The number of carbonyl (C=O) groups excluding carboxylic acids is 2. The van der Waals surface area contributed by atoms with Gasteiger partial charge in [0.05, 0.1) is 0 Å². The summed E-state index contributed by atoms with van der Waals surface area (Å²) in [5.41, 5.74) is -1.34. The highest BCUT2D eigenvalue weighted by Crippen LogP contribution is 2.27. The van der Waals surface area contributed by atoms with E-state index >= 15 is 0 Å². The zero-order valence-corrected chi connectivity index (χ0v) is 9.17. The van der Waals surface area contributed by atoms with Crippen molar-refractivity contribution in [3.05, 3.63) is 35.9 Å². The highest BCUT2D eigenvalue weighted by Gasteiger charge is 2.39. The standard InChI is InChI=1S/C12H12N2O3/c15-10-6-12(17,9-4-2-1-3-5-9)11(16)8-14-13-7-10/h1-5,17H,6-8H2/b14-13-. The van der Waals surface area contributed by atoms with Crippen LogP contribution in [0.15, 0.2) is 40.6 Å². The van der Waals surface area contributed by atoms with Gasteiger partial charge < -0.3 is 5.11 Å². The Morgan fingerprint density at radius 2 is 1.71 bits per heavy atom. The molecule has 0 aliphatic carbocycles. The summed E-state index contributed by atoms with van der Waals surface area (Å²) in [6, 6.07) is 8.46. The molecule has 1 heterocycles. The topological polar surface area (TPSA) is 79.1 Å². The van der Waals surface area contributed by atoms with Crippen LogP contribution < -0.4 is 0 Å². The fourth-order valence-corrected chi connectivity index (χ4v) is 1.79. The quantitative estimate of drug-likeness (QED) is 0.780. The van der Waals surface area contributed by atoms with Crippen LogP contribution in [0.2, 0.25) is 0 Å². The number of azo groups is 1. The third-order valence-corrected chi connectivity index (χ3v) is 2.73. The highest BCUT2D eigenvalue weighted by molar-refractivity contribution is 5.96. The van der Waals surface area contributed by atoms with Gasteiger partial charge in [-0.15, -0.1) is 0 Å². The maximum absolute atomic E-state index is 11.9. The number of ketones is 2. The van der Waals surface area contributed by atoms with Crippen LogP contribution in [-0.4, -0.2) is 29.8 Å². The molecule has 2 rings (SSSR count). The zero-order valence-electron chi connectivity index (χ0n) is 9.17. The lowest BCUT2D eigenvalue weighted by molar-refractivity contribution is -0.143. The van der Waals surface area contributed by atoms with Gasteiger partial charge in [0.1, 0.15) is 13.1 Å². The lowest BCUT2D eigenvalue weighted by Gasteiger charge is -2.26. The molecule has 1 aliphatic rings. The zero-order chi connectivity index (χ0) is 12.3. The minimum atomic E-state index is -1.77. The maximum Gasteiger partial charge on any atom is 0.192 e. The Morgan fingerprint density at radius 1 is 1.06 bits per heavy atom. The van der Waals surface area contributed by atoms with Gasteiger partial charge in [0, 0.05) is 6.42 Å². The van der Waals surface area contributed by atoms with Gasteiger partial charge >= 0.3 is 0 Å². The van der Waals surface area contributed by atoms with Crippen molar-refractivity contribution in [1.82, 2.24) is 0 Å². The molecule has 1 aromatic rings. The molecule has 0 bridgehead atoms. The Hall–Kier alpha value is -1.88. The van der Waals surface area contributed by atoms with Crippen molar-refractivity contribution in [3.8, 4) is 0 Å². The molecule has 1 aromatic carbocycles. The van der Waals surface area contributed by atoms with Gasteiger partial charge in [-0.25, -0.2) is 0 Å². The molecule has 0 radical (unpaired) electrons. The number of benzene rings is 1. The van der Waals surface area contributed by atoms with Crippen molar-refractivity contribution in [2.45, 2.75) is 12.0 Å². The third-order valence-electron chi connectivity index (χ3n) is 2.73. The molecule has 0 amide bonds. The summed E-state index contributed by atoms with van der Waals surface area (Å²) in [6.45, 7) is -0.277. The second-order valence-corrected chi connectivity index (χ2v) is 3.96. The van der Waals surface area contributed by atoms with Crippen molar-refractivity contribution in [2.24, 2.45) is 10.2 Å². The van der Waals surface area contributed by atoms with Crippen molar-refractivity contribution >= 4 is 11.6 Å². The van der Waals surface area contributed by atoms with Crippen LogP contribution in [0.4, 0.5) is 0 Å². The first kappa shape index (κ1) is 11.6. The smallest absolute Gasteiger partial charge is 0.192 e. The van der Waals surface area contributed by atoms with Crippen molar-refractivity contribution in [1.29, 1.82) is 0 Å². The normalized spacial score (nSPS) is 27.4. The van der Waals surface area contributed by atoms with Crippen LogP contribution in [-0.2, 0) is 15.2 Å². The lowest BCUT2D eigenvalue weighted by atomic mass is 9.84. The maximum atomic E-state index is 11.9. The minimum Gasteiger partial charge on any atom is -0.377 e. The van der Waals surface area contributed by atoms with Gasteiger partial charge in [-0.05, 0) is 5.56 Å². The molecule has 5 nitrogen and oxygen atoms in total. The van der Waals surface area contributed by atoms with Gasteiger partial charge in [-0.2, -0.15) is 10.2 Å². The Morgan fingerprint density at radius 3 is 2.41 bits per heavy atom. The van der Waals surface area contributed by atoms with Crippen LogP contribution in [0.3, 0.4) is 0 Å². The fourth-order valence-electron chi connectivity index (χ4n) is 1.79. The van der Waals surface area contributed by atoms with Crippen molar-refractivity contribution in [3.63, 3.8) is 0 Å². The monoisotopic (exact) mass is 232 g/mol. The van der Waals surface area contributed by atoms with E-state index in [-0.39, 0.29) is 25.3 Å². The summed E-state index contributed by atoms with van der Waals surface area (Å²) in [7, 11) is 0. The number of nitrogens with zero attached hydrogens (tertiary/aromatic N) is 2. The van der Waals surface area contributed by atoms with Crippen molar-refractivity contribution in [2.75, 3.05) is 13.1 Å². The number of rotatable bonds is 1. The van der Waals surface area contributed by atoms with E-state index in [1.165, 1.54) is 0 Å². The van der Waals surface area contributed by atoms with Gasteiger partial charge in [0.15, 0.2) is 17.2 Å². The fraction of sp³-hybridized carbons (Fsp3) is 0.333. The Bertz CT molecular complexity index is 470. The second-order valence-electron chi connectivity index (χ2n) is 3.96. The number of hydrogen-bond acceptors (Lipinski definition) is 5. The number of hydrogen-bond donors (Lipinski definition) is 1. The van der Waals surface area contributed by atoms with E-state index in [1.54, 1.807) is 30.3 Å². The summed E-state index contributed by atoms with van der Waals surface area (Å²) in [6.07, 6.45) is -0.241. The van der Waals surface area contributed by atoms with E-state index in [0.29, 0.717) is 5.56 Å². The first-order valence-electron chi connectivity index (χ1n) is 5.29. The lowest BCUT2D eigenvalue weighted by Crippen LogP contribution is -2.40. The first-order chi connectivity index (χ1) is 8.13. The molecule has 0 saturated heterocycles. The third kappa shape index (κ3) is 2.29. The van der Waals surface area contributed by atoms with Gasteiger partial charge in [-0.3, -0.25) is 9.59 Å².